The van der Waals surface area contributed by atoms with E-state index in [0.29, 0.717) is 0 Å². The Labute approximate surface area is 115 Å². The van der Waals surface area contributed by atoms with Gasteiger partial charge in [0.15, 0.2) is 5.78 Å². The van der Waals surface area contributed by atoms with Crippen molar-refractivity contribution in [2.75, 3.05) is 0 Å². The molecule has 1 rings (SSSR count). The molecule has 0 aliphatic heterocycles. The minimum absolute atomic E-state index is 0.110. The molecule has 0 atom stereocenters. The molecule has 0 saturated heterocycles. The average molecular weight is 300 g/mol. The number of hydrogen-bond acceptors (Lipinski definition) is 1. The molecule has 0 aliphatic carbocycles. The fourth-order valence-electron chi connectivity index (χ4n) is 1.15. The molecule has 0 amide bonds. The van der Waals surface area contributed by atoms with Crippen molar-refractivity contribution < 1.29 is 4.79 Å². The summed E-state index contributed by atoms with van der Waals surface area (Å²) in [4.78, 5) is 12.1. The van der Waals surface area contributed by atoms with Crippen molar-refractivity contribution in [2.24, 2.45) is 5.41 Å². The smallest absolute Gasteiger partial charge is 0.171 e. The summed E-state index contributed by atoms with van der Waals surface area (Å²) >= 11 is 23.6. The lowest BCUT2D eigenvalue weighted by molar-refractivity contribution is 0.0858. The highest BCUT2D eigenvalue weighted by atomic mass is 35.5. The van der Waals surface area contributed by atoms with Gasteiger partial charge in [-0.3, -0.25) is 4.79 Å². The Kier molecular flexibility index (Phi) is 4.18. The van der Waals surface area contributed by atoms with Crippen LogP contribution in [0.1, 0.15) is 31.1 Å². The van der Waals surface area contributed by atoms with E-state index in [1.54, 1.807) is 20.8 Å². The van der Waals surface area contributed by atoms with Gasteiger partial charge in [-0.1, -0.05) is 67.2 Å². The third-order valence-corrected chi connectivity index (χ3v) is 3.58. The predicted molar refractivity (Wildman–Crippen MR) is 70.3 cm³/mol. The monoisotopic (exact) mass is 298 g/mol. The number of halogens is 4. The zero-order valence-electron chi connectivity index (χ0n) is 9.00. The number of ketones is 1. The number of carbonyl (C=O) groups is 1. The van der Waals surface area contributed by atoms with Crippen LogP contribution in [0.2, 0.25) is 20.1 Å². The van der Waals surface area contributed by atoms with Gasteiger partial charge in [0.1, 0.15) is 0 Å². The van der Waals surface area contributed by atoms with Crippen molar-refractivity contribution in [1.29, 1.82) is 0 Å². The summed E-state index contributed by atoms with van der Waals surface area (Å²) in [7, 11) is 0. The molecule has 1 aromatic carbocycles. The van der Waals surface area contributed by atoms with E-state index < -0.39 is 5.41 Å². The number of rotatable bonds is 1. The van der Waals surface area contributed by atoms with E-state index >= 15 is 0 Å². The topological polar surface area (TPSA) is 17.1 Å². The molecule has 0 radical (unpaired) electrons. The van der Waals surface area contributed by atoms with Crippen LogP contribution in [0.3, 0.4) is 0 Å². The van der Waals surface area contributed by atoms with Gasteiger partial charge in [-0.15, -0.1) is 0 Å². The fraction of sp³-hybridized carbons (Fsp3) is 0.364. The zero-order chi connectivity index (χ0) is 12.7. The second-order valence-electron chi connectivity index (χ2n) is 4.42. The van der Waals surface area contributed by atoms with Crippen molar-refractivity contribution >= 4 is 52.2 Å². The third kappa shape index (κ3) is 2.65. The number of hydrogen-bond donors (Lipinski definition) is 0. The highest BCUT2D eigenvalue weighted by Crippen LogP contribution is 2.39. The fourth-order valence-corrected chi connectivity index (χ4v) is 2.23. The molecule has 88 valence electrons. The maximum Gasteiger partial charge on any atom is 0.171 e. The lowest BCUT2D eigenvalue weighted by Crippen LogP contribution is -2.21. The Morgan fingerprint density at radius 1 is 1.00 bits per heavy atom. The Balaban J connectivity index is 3.47. The maximum atomic E-state index is 12.1. The average Bonchev–Trinajstić information content (AvgIpc) is 2.13. The first-order chi connectivity index (χ1) is 7.16. The normalized spacial score (nSPS) is 11.7. The van der Waals surface area contributed by atoms with Gasteiger partial charge in [-0.2, -0.15) is 0 Å². The molecule has 1 aromatic rings. The van der Waals surface area contributed by atoms with E-state index in [1.165, 1.54) is 6.07 Å². The second-order valence-corrected chi connectivity index (χ2v) is 5.99. The quantitative estimate of drug-likeness (QED) is 0.378. The van der Waals surface area contributed by atoms with Crippen LogP contribution >= 0.6 is 46.4 Å². The first-order valence-electron chi connectivity index (χ1n) is 4.54. The Morgan fingerprint density at radius 2 is 1.50 bits per heavy atom. The van der Waals surface area contributed by atoms with Gasteiger partial charge in [0.05, 0.1) is 25.7 Å². The van der Waals surface area contributed by atoms with Gasteiger partial charge in [0.2, 0.25) is 0 Å². The number of Topliss-reactive ketones (excluding diaryl/α,β-unsaturated/α-hetero) is 1. The van der Waals surface area contributed by atoms with Gasteiger partial charge < -0.3 is 0 Å². The Morgan fingerprint density at radius 3 is 1.94 bits per heavy atom. The van der Waals surface area contributed by atoms with Gasteiger partial charge in [-0.05, 0) is 6.07 Å². The molecular weight excluding hydrogens is 290 g/mol. The molecule has 16 heavy (non-hydrogen) atoms. The van der Waals surface area contributed by atoms with Crippen LogP contribution in [0.4, 0.5) is 0 Å². The van der Waals surface area contributed by atoms with E-state index in [9.17, 15) is 4.79 Å². The molecule has 0 saturated carbocycles. The largest absolute Gasteiger partial charge is 0.293 e. The van der Waals surface area contributed by atoms with Gasteiger partial charge >= 0.3 is 0 Å². The van der Waals surface area contributed by atoms with E-state index in [2.05, 4.69) is 0 Å². The molecule has 1 nitrogen and oxygen atoms in total. The third-order valence-electron chi connectivity index (χ3n) is 2.02. The van der Waals surface area contributed by atoms with Crippen LogP contribution in [-0.2, 0) is 0 Å². The molecule has 5 heteroatoms. The summed E-state index contributed by atoms with van der Waals surface area (Å²) in [5.41, 5.74) is -0.352. The summed E-state index contributed by atoms with van der Waals surface area (Å²) in [5.74, 6) is -0.166. The van der Waals surface area contributed by atoms with Crippen LogP contribution in [0.5, 0.6) is 0 Å². The minimum Gasteiger partial charge on any atom is -0.293 e. The summed E-state index contributed by atoms with van der Waals surface area (Å²) in [5, 5.41) is 0.723. The van der Waals surface area contributed by atoms with Gasteiger partial charge in [0, 0.05) is 5.41 Å². The van der Waals surface area contributed by atoms with Gasteiger partial charge in [-0.25, -0.2) is 0 Å². The molecule has 0 aromatic heterocycles. The number of carbonyl (C=O) groups excluding carboxylic acids is 1. The SMILES string of the molecule is CC(C)(C)C(=O)c1c(Cl)cc(Cl)c(Cl)c1Cl. The van der Waals surface area contributed by atoms with Crippen LogP contribution in [0.15, 0.2) is 6.07 Å². The van der Waals surface area contributed by atoms with Crippen molar-refractivity contribution in [3.63, 3.8) is 0 Å². The Hall–Kier alpha value is 0.0500. The molecule has 0 bridgehead atoms. The van der Waals surface area contributed by atoms with Crippen LogP contribution < -0.4 is 0 Å². The molecule has 0 spiro atoms. The van der Waals surface area contributed by atoms with Crippen LogP contribution in [0.25, 0.3) is 0 Å². The lowest BCUT2D eigenvalue weighted by Gasteiger charge is -2.19. The van der Waals surface area contributed by atoms with Crippen molar-refractivity contribution in [3.05, 3.63) is 31.7 Å². The Bertz CT molecular complexity index is 446. The highest BCUT2D eigenvalue weighted by Gasteiger charge is 2.28. The van der Waals surface area contributed by atoms with Crippen molar-refractivity contribution in [2.45, 2.75) is 20.8 Å². The molecule has 0 aliphatic rings. The van der Waals surface area contributed by atoms with E-state index in [1.807, 2.05) is 0 Å². The molecular formula is C11H10Cl4O. The van der Waals surface area contributed by atoms with E-state index in [0.717, 1.165) is 0 Å². The second kappa shape index (κ2) is 4.73. The highest BCUT2D eigenvalue weighted by molar-refractivity contribution is 6.51. The lowest BCUT2D eigenvalue weighted by atomic mass is 9.86. The van der Waals surface area contributed by atoms with Crippen LogP contribution in [0, 0.1) is 5.41 Å². The summed E-state index contributed by atoms with van der Waals surface area (Å²) in [6.45, 7) is 5.35. The van der Waals surface area contributed by atoms with Crippen molar-refractivity contribution in [1.82, 2.24) is 0 Å². The molecule has 0 unspecified atom stereocenters. The van der Waals surface area contributed by atoms with Gasteiger partial charge in [0.25, 0.3) is 0 Å². The molecule has 0 N–H and O–H groups in total. The van der Waals surface area contributed by atoms with E-state index in [4.69, 9.17) is 46.4 Å². The maximum absolute atomic E-state index is 12.1. The van der Waals surface area contributed by atoms with Crippen LogP contribution in [-0.4, -0.2) is 5.78 Å². The predicted octanol–water partition coefficient (Wildman–Crippen LogP) is 5.53. The summed E-state index contributed by atoms with van der Waals surface area (Å²) in [6, 6.07) is 1.43. The first-order valence-corrected chi connectivity index (χ1v) is 6.05. The van der Waals surface area contributed by atoms with Crippen molar-refractivity contribution in [3.8, 4) is 0 Å². The number of benzene rings is 1. The minimum atomic E-state index is -0.579. The zero-order valence-corrected chi connectivity index (χ0v) is 12.0. The standard InChI is InChI=1S/C11H10Cl4O/c1-11(2,3)10(16)7-5(12)4-6(13)8(14)9(7)15/h4H,1-3H3. The van der Waals surface area contributed by atoms with E-state index in [-0.39, 0.29) is 31.4 Å². The molecule has 0 heterocycles. The first kappa shape index (κ1) is 14.1. The summed E-state index contributed by atoms with van der Waals surface area (Å²) in [6.07, 6.45) is 0. The summed E-state index contributed by atoms with van der Waals surface area (Å²) < 4.78 is 0. The molecule has 0 fully saturated rings.